The zero-order chi connectivity index (χ0) is 20.9. The standard InChI is InChI=1S/C23H18BrN3O3/c24-17-6-11-21-20(12-17)23(29)27(15-25-21)13-22(28)26-18-7-9-19(10-8-18)30-14-16-4-2-1-3-5-16/h1-12,15H,13-14H2,(H,26,28). The van der Waals surface area contributed by atoms with Gasteiger partial charge in [0.05, 0.1) is 17.2 Å². The number of benzene rings is 3. The summed E-state index contributed by atoms with van der Waals surface area (Å²) < 4.78 is 7.82. The SMILES string of the molecule is O=C(Cn1cnc2ccc(Br)cc2c1=O)Nc1ccc(OCc2ccccc2)cc1. The van der Waals surface area contributed by atoms with Crippen LogP contribution in [0.15, 0.2) is 88.4 Å². The molecule has 0 atom stereocenters. The van der Waals surface area contributed by atoms with Gasteiger partial charge in [0.25, 0.3) is 5.56 Å². The third kappa shape index (κ3) is 4.75. The van der Waals surface area contributed by atoms with Crippen LogP contribution >= 0.6 is 15.9 Å². The van der Waals surface area contributed by atoms with E-state index in [9.17, 15) is 9.59 Å². The molecule has 0 bridgehead atoms. The van der Waals surface area contributed by atoms with Gasteiger partial charge < -0.3 is 10.1 Å². The van der Waals surface area contributed by atoms with Crippen molar-refractivity contribution in [1.82, 2.24) is 9.55 Å². The minimum absolute atomic E-state index is 0.124. The summed E-state index contributed by atoms with van der Waals surface area (Å²) in [5, 5.41) is 3.24. The molecule has 6 nitrogen and oxygen atoms in total. The van der Waals surface area contributed by atoms with Crippen LogP contribution in [-0.2, 0) is 17.9 Å². The molecule has 7 heteroatoms. The normalized spacial score (nSPS) is 10.7. The topological polar surface area (TPSA) is 73.2 Å². The molecule has 0 spiro atoms. The molecular formula is C23H18BrN3O3. The molecule has 3 aromatic carbocycles. The van der Waals surface area contributed by atoms with Crippen LogP contribution < -0.4 is 15.6 Å². The second kappa shape index (κ2) is 8.92. The van der Waals surface area contributed by atoms with Gasteiger partial charge in [0.2, 0.25) is 5.91 Å². The number of nitrogens with one attached hydrogen (secondary N) is 1. The molecule has 0 aliphatic heterocycles. The molecule has 1 N–H and O–H groups in total. The van der Waals surface area contributed by atoms with Gasteiger partial charge in [0.1, 0.15) is 18.9 Å². The van der Waals surface area contributed by atoms with E-state index in [4.69, 9.17) is 4.74 Å². The molecule has 0 aliphatic carbocycles. The Kier molecular flexibility index (Phi) is 5.90. The van der Waals surface area contributed by atoms with Crippen LogP contribution in [0.5, 0.6) is 5.75 Å². The van der Waals surface area contributed by atoms with Crippen LogP contribution in [0.4, 0.5) is 5.69 Å². The number of fused-ring (bicyclic) bond motifs is 1. The predicted octanol–water partition coefficient (Wildman–Crippen LogP) is 4.38. The Morgan fingerprint density at radius 1 is 1.03 bits per heavy atom. The number of rotatable bonds is 6. The molecule has 4 rings (SSSR count). The van der Waals surface area contributed by atoms with Crippen molar-refractivity contribution in [2.24, 2.45) is 0 Å². The Balaban J connectivity index is 1.39. The van der Waals surface area contributed by atoms with Crippen molar-refractivity contribution in [1.29, 1.82) is 0 Å². The average Bonchev–Trinajstić information content (AvgIpc) is 2.76. The molecule has 0 aliphatic rings. The molecule has 1 aromatic heterocycles. The number of carbonyl (C=O) groups is 1. The van der Waals surface area contributed by atoms with Crippen molar-refractivity contribution in [2.45, 2.75) is 13.2 Å². The highest BCUT2D eigenvalue weighted by Gasteiger charge is 2.09. The van der Waals surface area contributed by atoms with Crippen molar-refractivity contribution >= 4 is 38.4 Å². The Hall–Kier alpha value is -3.45. The van der Waals surface area contributed by atoms with E-state index >= 15 is 0 Å². The summed E-state index contributed by atoms with van der Waals surface area (Å²) >= 11 is 3.35. The van der Waals surface area contributed by atoms with E-state index in [1.807, 2.05) is 36.4 Å². The third-order valence-corrected chi connectivity index (χ3v) is 4.98. The summed E-state index contributed by atoms with van der Waals surface area (Å²) in [5.41, 5.74) is 2.03. The molecule has 1 amide bonds. The summed E-state index contributed by atoms with van der Waals surface area (Å²) in [6, 6.07) is 22.3. The highest BCUT2D eigenvalue weighted by Crippen LogP contribution is 2.17. The number of nitrogens with zero attached hydrogens (tertiary/aromatic N) is 2. The number of amides is 1. The molecule has 0 unspecified atom stereocenters. The number of ether oxygens (including phenoxy) is 1. The Bertz CT molecular complexity index is 1240. The van der Waals surface area contributed by atoms with Gasteiger partial charge in [-0.25, -0.2) is 4.98 Å². The first-order valence-corrected chi connectivity index (χ1v) is 10.1. The van der Waals surface area contributed by atoms with E-state index in [1.54, 1.807) is 36.4 Å². The highest BCUT2D eigenvalue weighted by atomic mass is 79.9. The van der Waals surface area contributed by atoms with Gasteiger partial charge in [0.15, 0.2) is 0 Å². The molecule has 30 heavy (non-hydrogen) atoms. The van der Waals surface area contributed by atoms with Gasteiger partial charge >= 0.3 is 0 Å². The molecule has 0 saturated carbocycles. The van der Waals surface area contributed by atoms with Crippen molar-refractivity contribution in [2.75, 3.05) is 5.32 Å². The lowest BCUT2D eigenvalue weighted by Crippen LogP contribution is -2.27. The number of aromatic nitrogens is 2. The maximum Gasteiger partial charge on any atom is 0.261 e. The van der Waals surface area contributed by atoms with Gasteiger partial charge in [-0.15, -0.1) is 0 Å². The van der Waals surface area contributed by atoms with E-state index in [2.05, 4.69) is 26.2 Å². The molecular weight excluding hydrogens is 446 g/mol. The molecule has 150 valence electrons. The number of anilines is 1. The van der Waals surface area contributed by atoms with Crippen LogP contribution in [0.3, 0.4) is 0 Å². The van der Waals surface area contributed by atoms with E-state index in [0.717, 1.165) is 10.0 Å². The van der Waals surface area contributed by atoms with Crippen LogP contribution in [-0.4, -0.2) is 15.5 Å². The van der Waals surface area contributed by atoms with E-state index in [-0.39, 0.29) is 18.0 Å². The maximum atomic E-state index is 12.6. The first-order valence-electron chi connectivity index (χ1n) is 9.30. The maximum absolute atomic E-state index is 12.6. The monoisotopic (exact) mass is 463 g/mol. The Morgan fingerprint density at radius 2 is 1.80 bits per heavy atom. The molecule has 0 fully saturated rings. The molecule has 0 radical (unpaired) electrons. The van der Waals surface area contributed by atoms with Gasteiger partial charge in [0, 0.05) is 10.2 Å². The first kappa shape index (κ1) is 19.8. The smallest absolute Gasteiger partial charge is 0.261 e. The van der Waals surface area contributed by atoms with Gasteiger partial charge in [-0.2, -0.15) is 0 Å². The summed E-state index contributed by atoms with van der Waals surface area (Å²) in [7, 11) is 0. The van der Waals surface area contributed by atoms with Crippen LogP contribution in [0.25, 0.3) is 10.9 Å². The summed E-state index contributed by atoms with van der Waals surface area (Å²) in [5.74, 6) is 0.392. The summed E-state index contributed by atoms with van der Waals surface area (Å²) in [6.45, 7) is 0.348. The van der Waals surface area contributed by atoms with Crippen molar-refractivity contribution < 1.29 is 9.53 Å². The lowest BCUT2D eigenvalue weighted by Gasteiger charge is -2.10. The predicted molar refractivity (Wildman–Crippen MR) is 120 cm³/mol. The van der Waals surface area contributed by atoms with Crippen LogP contribution in [0, 0.1) is 0 Å². The zero-order valence-corrected chi connectivity index (χ0v) is 17.5. The molecule has 0 saturated heterocycles. The summed E-state index contributed by atoms with van der Waals surface area (Å²) in [4.78, 5) is 29.2. The Morgan fingerprint density at radius 3 is 2.57 bits per heavy atom. The lowest BCUT2D eigenvalue weighted by molar-refractivity contribution is -0.116. The fraction of sp³-hybridized carbons (Fsp3) is 0.0870. The minimum atomic E-state index is -0.314. The fourth-order valence-corrected chi connectivity index (χ4v) is 3.34. The van der Waals surface area contributed by atoms with Crippen molar-refractivity contribution in [3.05, 3.63) is 99.5 Å². The van der Waals surface area contributed by atoms with E-state index in [0.29, 0.717) is 28.9 Å². The summed E-state index contributed by atoms with van der Waals surface area (Å²) in [6.07, 6.45) is 1.39. The van der Waals surface area contributed by atoms with Crippen LogP contribution in [0.1, 0.15) is 5.56 Å². The third-order valence-electron chi connectivity index (χ3n) is 4.49. The highest BCUT2D eigenvalue weighted by molar-refractivity contribution is 9.10. The minimum Gasteiger partial charge on any atom is -0.489 e. The molecule has 4 aromatic rings. The average molecular weight is 464 g/mol. The second-order valence-corrected chi connectivity index (χ2v) is 7.60. The van der Waals surface area contributed by atoms with Crippen LogP contribution in [0.2, 0.25) is 0 Å². The van der Waals surface area contributed by atoms with E-state index < -0.39 is 0 Å². The number of hydrogen-bond donors (Lipinski definition) is 1. The number of hydrogen-bond acceptors (Lipinski definition) is 4. The zero-order valence-electron chi connectivity index (χ0n) is 15.9. The number of halogens is 1. The quantitative estimate of drug-likeness (QED) is 0.460. The van der Waals surface area contributed by atoms with Gasteiger partial charge in [-0.05, 0) is 48.0 Å². The lowest BCUT2D eigenvalue weighted by atomic mass is 10.2. The largest absolute Gasteiger partial charge is 0.489 e. The second-order valence-electron chi connectivity index (χ2n) is 6.69. The molecule has 1 heterocycles. The van der Waals surface area contributed by atoms with E-state index in [1.165, 1.54) is 10.9 Å². The van der Waals surface area contributed by atoms with Gasteiger partial charge in [-0.1, -0.05) is 46.3 Å². The van der Waals surface area contributed by atoms with Crippen molar-refractivity contribution in [3.8, 4) is 5.75 Å². The number of carbonyl (C=O) groups excluding carboxylic acids is 1. The fourth-order valence-electron chi connectivity index (χ4n) is 2.97. The van der Waals surface area contributed by atoms with Gasteiger partial charge in [-0.3, -0.25) is 14.2 Å². The Labute approximate surface area is 181 Å². The first-order chi connectivity index (χ1) is 14.6. The van der Waals surface area contributed by atoms with Crippen molar-refractivity contribution in [3.63, 3.8) is 0 Å².